The van der Waals surface area contributed by atoms with E-state index in [1.165, 1.54) is 0 Å². The third kappa shape index (κ3) is 9.71. The summed E-state index contributed by atoms with van der Waals surface area (Å²) in [4.78, 5) is 56.2. The molecule has 220 valence electrons. The van der Waals surface area contributed by atoms with Crippen molar-refractivity contribution in [2.75, 3.05) is 20.1 Å². The summed E-state index contributed by atoms with van der Waals surface area (Å²) in [6, 6.07) is 17.8. The highest BCUT2D eigenvalue weighted by Crippen LogP contribution is 2.21. The first-order valence-corrected chi connectivity index (χ1v) is 13.8. The Kier molecular flexibility index (Phi) is 11.8. The molecule has 11 nitrogen and oxygen atoms in total. The number of benzene rings is 2. The number of alkyl carbamates (subject to hydrolysis) is 1. The van der Waals surface area contributed by atoms with Crippen molar-refractivity contribution in [1.29, 1.82) is 0 Å². The van der Waals surface area contributed by atoms with Crippen LogP contribution in [0.1, 0.15) is 43.7 Å². The van der Waals surface area contributed by atoms with Crippen LogP contribution in [0.5, 0.6) is 0 Å². The van der Waals surface area contributed by atoms with Gasteiger partial charge in [-0.2, -0.15) is 0 Å². The SMILES string of the molecule is CN[C@H](Cc1ccccc1)C(=O)N1CCC[C@H]1C(=O)N[C@](C)(C=O)CCCN=C(N)NC(=O)OCc1ccccc1. The number of guanidine groups is 1. The molecule has 3 amide bonds. The first-order chi connectivity index (χ1) is 19.7. The van der Waals surface area contributed by atoms with Crippen molar-refractivity contribution in [3.63, 3.8) is 0 Å². The zero-order valence-corrected chi connectivity index (χ0v) is 23.7. The van der Waals surface area contributed by atoms with E-state index < -0.39 is 23.7 Å². The molecular weight excluding hydrogens is 524 g/mol. The Bertz CT molecular complexity index is 1190. The van der Waals surface area contributed by atoms with Crippen LogP contribution < -0.4 is 21.7 Å². The van der Waals surface area contributed by atoms with Gasteiger partial charge in [0.15, 0.2) is 5.96 Å². The fraction of sp³-hybridized carbons (Fsp3) is 0.433. The summed E-state index contributed by atoms with van der Waals surface area (Å²) < 4.78 is 5.11. The lowest BCUT2D eigenvalue weighted by Crippen LogP contribution is -2.57. The van der Waals surface area contributed by atoms with Crippen LogP contribution in [0, 0.1) is 0 Å². The number of aliphatic imine (C=N–C) groups is 1. The smallest absolute Gasteiger partial charge is 0.414 e. The molecule has 0 aromatic heterocycles. The van der Waals surface area contributed by atoms with Gasteiger partial charge in [0.2, 0.25) is 11.8 Å². The van der Waals surface area contributed by atoms with E-state index in [2.05, 4.69) is 20.9 Å². The van der Waals surface area contributed by atoms with Crippen LogP contribution in [-0.4, -0.2) is 72.8 Å². The van der Waals surface area contributed by atoms with Gasteiger partial charge in [-0.25, -0.2) is 4.79 Å². The highest BCUT2D eigenvalue weighted by molar-refractivity contribution is 5.93. The van der Waals surface area contributed by atoms with E-state index in [-0.39, 0.29) is 30.9 Å². The van der Waals surface area contributed by atoms with E-state index in [4.69, 9.17) is 10.5 Å². The van der Waals surface area contributed by atoms with Crippen molar-refractivity contribution in [3.05, 3.63) is 71.8 Å². The van der Waals surface area contributed by atoms with Crippen molar-refractivity contribution < 1.29 is 23.9 Å². The monoisotopic (exact) mass is 564 g/mol. The minimum absolute atomic E-state index is 0.101. The molecule has 2 aromatic carbocycles. The summed E-state index contributed by atoms with van der Waals surface area (Å²) in [6.45, 7) is 2.44. The lowest BCUT2D eigenvalue weighted by Gasteiger charge is -2.31. The number of amides is 3. The molecule has 0 saturated carbocycles. The molecule has 3 atom stereocenters. The molecule has 0 unspecified atom stereocenters. The Morgan fingerprint density at radius 1 is 1.12 bits per heavy atom. The number of likely N-dealkylation sites (tertiary alicyclic amines) is 1. The van der Waals surface area contributed by atoms with Crippen molar-refractivity contribution in [2.45, 2.75) is 63.3 Å². The largest absolute Gasteiger partial charge is 0.444 e. The second-order valence-corrected chi connectivity index (χ2v) is 10.3. The Morgan fingerprint density at radius 2 is 1.78 bits per heavy atom. The fourth-order valence-electron chi connectivity index (χ4n) is 4.73. The second-order valence-electron chi connectivity index (χ2n) is 10.3. The van der Waals surface area contributed by atoms with Gasteiger partial charge in [0, 0.05) is 13.1 Å². The van der Waals surface area contributed by atoms with Gasteiger partial charge in [0.25, 0.3) is 0 Å². The maximum Gasteiger partial charge on any atom is 0.414 e. The standard InChI is InChI=1S/C30H40N6O5/c1-30(21-37,16-10-17-33-28(31)34-29(40)41-20-23-13-7-4-8-14-23)35-26(38)25-15-9-18-36(25)27(39)24(32-2)19-22-11-5-3-6-12-22/h3-8,11-14,21,24-25,32H,9-10,15-20H2,1-2H3,(H,35,38)(H3,31,33,34,40)/t24-,25+,30+/m1/s1. The van der Waals surface area contributed by atoms with Gasteiger partial charge in [-0.05, 0) is 57.2 Å². The van der Waals surface area contributed by atoms with E-state index in [9.17, 15) is 19.2 Å². The molecule has 1 aliphatic heterocycles. The van der Waals surface area contributed by atoms with Gasteiger partial charge < -0.3 is 30.8 Å². The summed E-state index contributed by atoms with van der Waals surface area (Å²) >= 11 is 0. The molecular formula is C30H40N6O5. The summed E-state index contributed by atoms with van der Waals surface area (Å²) in [5, 5.41) is 8.28. The number of aldehydes is 1. The third-order valence-corrected chi connectivity index (χ3v) is 7.02. The maximum absolute atomic E-state index is 13.3. The Hall–Kier alpha value is -4.25. The van der Waals surface area contributed by atoms with Crippen LogP contribution in [0.25, 0.3) is 0 Å². The number of ether oxygens (including phenoxy) is 1. The summed E-state index contributed by atoms with van der Waals surface area (Å²) in [5.41, 5.74) is 6.49. The Balaban J connectivity index is 1.47. The average molecular weight is 565 g/mol. The normalized spacial score (nSPS) is 17.3. The van der Waals surface area contributed by atoms with Gasteiger partial charge in [0.05, 0.1) is 11.6 Å². The predicted molar refractivity (Wildman–Crippen MR) is 156 cm³/mol. The van der Waals surface area contributed by atoms with E-state index in [1.807, 2.05) is 60.7 Å². The molecule has 41 heavy (non-hydrogen) atoms. The topological polar surface area (TPSA) is 155 Å². The molecule has 1 aliphatic rings. The molecule has 1 heterocycles. The van der Waals surface area contributed by atoms with Gasteiger partial charge in [-0.15, -0.1) is 0 Å². The fourth-order valence-corrected chi connectivity index (χ4v) is 4.73. The van der Waals surface area contributed by atoms with Crippen molar-refractivity contribution in [3.8, 4) is 0 Å². The third-order valence-electron chi connectivity index (χ3n) is 7.02. The van der Waals surface area contributed by atoms with E-state index >= 15 is 0 Å². The lowest BCUT2D eigenvalue weighted by atomic mass is 9.96. The minimum Gasteiger partial charge on any atom is -0.444 e. The van der Waals surface area contributed by atoms with Crippen LogP contribution in [-0.2, 0) is 32.1 Å². The minimum atomic E-state index is -1.15. The molecule has 1 fully saturated rings. The van der Waals surface area contributed by atoms with Crippen LogP contribution in [0.3, 0.4) is 0 Å². The zero-order chi connectivity index (χ0) is 29.7. The average Bonchev–Trinajstić information content (AvgIpc) is 3.48. The van der Waals surface area contributed by atoms with E-state index in [1.54, 1.807) is 18.9 Å². The molecule has 0 spiro atoms. The number of nitrogens with two attached hydrogens (primary N) is 1. The van der Waals surface area contributed by atoms with Crippen LogP contribution >= 0.6 is 0 Å². The van der Waals surface area contributed by atoms with Crippen LogP contribution in [0.2, 0.25) is 0 Å². The summed E-state index contributed by atoms with van der Waals surface area (Å²) in [5.74, 6) is -0.595. The van der Waals surface area contributed by atoms with Gasteiger partial charge in [-0.1, -0.05) is 60.7 Å². The predicted octanol–water partition coefficient (Wildman–Crippen LogP) is 1.90. The summed E-state index contributed by atoms with van der Waals surface area (Å²) in [7, 11) is 1.73. The molecule has 0 bridgehead atoms. The number of hydrogen-bond acceptors (Lipinski definition) is 7. The molecule has 0 aliphatic carbocycles. The molecule has 3 rings (SSSR count). The number of nitrogens with zero attached hydrogens (tertiary/aromatic N) is 2. The van der Waals surface area contributed by atoms with Gasteiger partial charge in [0.1, 0.15) is 18.9 Å². The first-order valence-electron chi connectivity index (χ1n) is 13.8. The van der Waals surface area contributed by atoms with Crippen molar-refractivity contribution >= 4 is 30.2 Å². The number of nitrogens with one attached hydrogen (secondary N) is 3. The van der Waals surface area contributed by atoms with Crippen LogP contribution in [0.4, 0.5) is 4.79 Å². The molecule has 11 heteroatoms. The highest BCUT2D eigenvalue weighted by atomic mass is 16.5. The van der Waals surface area contributed by atoms with Crippen molar-refractivity contribution in [1.82, 2.24) is 20.9 Å². The number of hydrogen-bond donors (Lipinski definition) is 4. The lowest BCUT2D eigenvalue weighted by molar-refractivity contribution is -0.141. The second kappa shape index (κ2) is 15.5. The van der Waals surface area contributed by atoms with Crippen LogP contribution in [0.15, 0.2) is 65.7 Å². The van der Waals surface area contributed by atoms with E-state index in [0.29, 0.717) is 44.9 Å². The Morgan fingerprint density at radius 3 is 2.41 bits per heavy atom. The van der Waals surface area contributed by atoms with E-state index in [0.717, 1.165) is 11.1 Å². The van der Waals surface area contributed by atoms with Gasteiger partial charge in [-0.3, -0.25) is 19.9 Å². The molecule has 5 N–H and O–H groups in total. The summed E-state index contributed by atoms with van der Waals surface area (Å²) in [6.07, 6.45) is 2.44. The quantitative estimate of drug-likeness (QED) is 0.125. The number of carbonyl (C=O) groups is 4. The van der Waals surface area contributed by atoms with Gasteiger partial charge >= 0.3 is 6.09 Å². The Labute approximate surface area is 240 Å². The molecule has 0 radical (unpaired) electrons. The first kappa shape index (κ1) is 31.3. The number of carbonyl (C=O) groups excluding carboxylic acids is 4. The zero-order valence-electron chi connectivity index (χ0n) is 23.7. The molecule has 2 aromatic rings. The maximum atomic E-state index is 13.3. The number of rotatable bonds is 13. The highest BCUT2D eigenvalue weighted by Gasteiger charge is 2.39. The van der Waals surface area contributed by atoms with Crippen molar-refractivity contribution in [2.24, 2.45) is 10.7 Å². The number of likely N-dealkylation sites (N-methyl/N-ethyl adjacent to an activating group) is 1. The molecule has 1 saturated heterocycles.